The summed E-state index contributed by atoms with van der Waals surface area (Å²) in [7, 11) is 1.63. The average molecular weight is 338 g/mol. The third-order valence-electron chi connectivity index (χ3n) is 4.20. The molecule has 1 aliphatic heterocycles. The fraction of sp³-hybridized carbons (Fsp3) is 0.250. The van der Waals surface area contributed by atoms with Crippen molar-refractivity contribution in [2.24, 2.45) is 0 Å². The number of fused-ring (bicyclic) bond motifs is 1. The molecular formula is C20H22N2O3. The first-order chi connectivity index (χ1) is 12.0. The van der Waals surface area contributed by atoms with Crippen molar-refractivity contribution in [3.63, 3.8) is 0 Å². The number of phenolic OH excluding ortho intramolecular Hbond substituents is 1. The minimum atomic E-state index is -0.353. The molecule has 25 heavy (non-hydrogen) atoms. The minimum absolute atomic E-state index is 0.132. The van der Waals surface area contributed by atoms with Gasteiger partial charge in [-0.1, -0.05) is 23.8 Å². The Kier molecular flexibility index (Phi) is 4.65. The molecular weight excluding hydrogens is 316 g/mol. The summed E-state index contributed by atoms with van der Waals surface area (Å²) in [5, 5.41) is 15.7. The predicted octanol–water partition coefficient (Wildman–Crippen LogP) is 3.76. The molecule has 0 spiro atoms. The number of methoxy groups -OCH3 is 1. The molecule has 0 bridgehead atoms. The van der Waals surface area contributed by atoms with Gasteiger partial charge in [0.25, 0.3) is 5.91 Å². The van der Waals surface area contributed by atoms with Crippen LogP contribution in [-0.2, 0) is 6.42 Å². The molecule has 5 heteroatoms. The monoisotopic (exact) mass is 338 g/mol. The van der Waals surface area contributed by atoms with Crippen LogP contribution in [0.1, 0.15) is 41.5 Å². The van der Waals surface area contributed by atoms with Gasteiger partial charge in [0.2, 0.25) is 0 Å². The summed E-state index contributed by atoms with van der Waals surface area (Å²) in [4.78, 5) is 12.6. The number of nitrogens with one attached hydrogen (secondary N) is 2. The SMILES string of the molecule is COc1cc2c(cc1CC=C(C)C)C(=O)NC(c1ccc(O)cc1)N2. The molecule has 0 aliphatic carbocycles. The lowest BCUT2D eigenvalue weighted by Crippen LogP contribution is -2.38. The van der Waals surface area contributed by atoms with E-state index in [4.69, 9.17) is 4.74 Å². The number of ether oxygens (including phenoxy) is 1. The molecule has 0 aromatic heterocycles. The van der Waals surface area contributed by atoms with Crippen molar-refractivity contribution in [3.8, 4) is 11.5 Å². The topological polar surface area (TPSA) is 70.6 Å². The Bertz CT molecular complexity index is 822. The Morgan fingerprint density at radius 3 is 2.56 bits per heavy atom. The van der Waals surface area contributed by atoms with Crippen molar-refractivity contribution in [2.45, 2.75) is 26.4 Å². The fourth-order valence-corrected chi connectivity index (χ4v) is 2.83. The van der Waals surface area contributed by atoms with Gasteiger partial charge in [-0.05, 0) is 49.6 Å². The van der Waals surface area contributed by atoms with E-state index in [1.165, 1.54) is 5.57 Å². The number of benzene rings is 2. The number of hydrogen-bond acceptors (Lipinski definition) is 4. The summed E-state index contributed by atoms with van der Waals surface area (Å²) < 4.78 is 5.50. The van der Waals surface area contributed by atoms with Crippen LogP contribution in [0.15, 0.2) is 48.0 Å². The van der Waals surface area contributed by atoms with Crippen LogP contribution in [0.3, 0.4) is 0 Å². The summed E-state index contributed by atoms with van der Waals surface area (Å²) in [5.74, 6) is 0.813. The number of allylic oxidation sites excluding steroid dienone is 2. The van der Waals surface area contributed by atoms with Gasteiger partial charge in [0, 0.05) is 6.07 Å². The van der Waals surface area contributed by atoms with Crippen LogP contribution >= 0.6 is 0 Å². The van der Waals surface area contributed by atoms with Crippen molar-refractivity contribution in [1.29, 1.82) is 0 Å². The molecule has 1 aliphatic rings. The van der Waals surface area contributed by atoms with Gasteiger partial charge in [0.1, 0.15) is 17.7 Å². The molecule has 3 N–H and O–H groups in total. The van der Waals surface area contributed by atoms with E-state index in [-0.39, 0.29) is 17.8 Å². The zero-order chi connectivity index (χ0) is 18.0. The smallest absolute Gasteiger partial charge is 0.255 e. The largest absolute Gasteiger partial charge is 0.508 e. The van der Waals surface area contributed by atoms with Gasteiger partial charge in [-0.3, -0.25) is 4.79 Å². The average Bonchev–Trinajstić information content (AvgIpc) is 2.59. The third kappa shape index (κ3) is 3.60. The summed E-state index contributed by atoms with van der Waals surface area (Å²) in [6.45, 7) is 4.09. The Morgan fingerprint density at radius 1 is 1.20 bits per heavy atom. The van der Waals surface area contributed by atoms with Crippen molar-refractivity contribution in [2.75, 3.05) is 12.4 Å². The quantitative estimate of drug-likeness (QED) is 0.742. The summed E-state index contributed by atoms with van der Waals surface area (Å²) in [6.07, 6.45) is 2.47. The molecule has 3 rings (SSSR count). The maximum absolute atomic E-state index is 12.6. The second-order valence-electron chi connectivity index (χ2n) is 6.34. The van der Waals surface area contributed by atoms with Crippen LogP contribution in [0.5, 0.6) is 11.5 Å². The summed E-state index contributed by atoms with van der Waals surface area (Å²) in [5.41, 5.74) is 4.40. The van der Waals surface area contributed by atoms with E-state index in [0.29, 0.717) is 12.0 Å². The Hall–Kier alpha value is -2.95. The normalized spacial score (nSPS) is 15.6. The lowest BCUT2D eigenvalue weighted by Gasteiger charge is -2.29. The van der Waals surface area contributed by atoms with Crippen LogP contribution < -0.4 is 15.4 Å². The van der Waals surface area contributed by atoms with Crippen molar-refractivity contribution in [1.82, 2.24) is 5.32 Å². The molecule has 1 amide bonds. The molecule has 0 saturated carbocycles. The fourth-order valence-electron chi connectivity index (χ4n) is 2.83. The van der Waals surface area contributed by atoms with Crippen molar-refractivity contribution in [3.05, 3.63) is 64.7 Å². The molecule has 2 aromatic rings. The van der Waals surface area contributed by atoms with E-state index >= 15 is 0 Å². The highest BCUT2D eigenvalue weighted by atomic mass is 16.5. The highest BCUT2D eigenvalue weighted by Crippen LogP contribution is 2.33. The molecule has 0 saturated heterocycles. The Morgan fingerprint density at radius 2 is 1.92 bits per heavy atom. The highest BCUT2D eigenvalue weighted by Gasteiger charge is 2.26. The van der Waals surface area contributed by atoms with Gasteiger partial charge in [-0.15, -0.1) is 0 Å². The molecule has 130 valence electrons. The van der Waals surface area contributed by atoms with Crippen LogP contribution in [0.4, 0.5) is 5.69 Å². The number of amides is 1. The second-order valence-corrected chi connectivity index (χ2v) is 6.34. The molecule has 0 radical (unpaired) electrons. The number of phenols is 1. The van der Waals surface area contributed by atoms with Crippen LogP contribution in [0.2, 0.25) is 0 Å². The number of aromatic hydroxyl groups is 1. The van der Waals surface area contributed by atoms with Gasteiger partial charge >= 0.3 is 0 Å². The maximum atomic E-state index is 12.6. The number of carbonyl (C=O) groups is 1. The number of carbonyl (C=O) groups excluding carboxylic acids is 1. The van der Waals surface area contributed by atoms with E-state index in [1.54, 1.807) is 31.4 Å². The van der Waals surface area contributed by atoms with Crippen molar-refractivity contribution < 1.29 is 14.6 Å². The van der Waals surface area contributed by atoms with E-state index in [2.05, 4.69) is 16.7 Å². The third-order valence-corrected chi connectivity index (χ3v) is 4.20. The van der Waals surface area contributed by atoms with Crippen molar-refractivity contribution >= 4 is 11.6 Å². The van der Waals surface area contributed by atoms with Crippen LogP contribution in [0, 0.1) is 0 Å². The van der Waals surface area contributed by atoms with Gasteiger partial charge < -0.3 is 20.5 Å². The molecule has 1 heterocycles. The second kappa shape index (κ2) is 6.89. The Labute approximate surface area is 147 Å². The molecule has 1 unspecified atom stereocenters. The first kappa shape index (κ1) is 16.9. The van der Waals surface area contributed by atoms with Gasteiger partial charge in [0.05, 0.1) is 18.4 Å². The summed E-state index contributed by atoms with van der Waals surface area (Å²) in [6, 6.07) is 10.5. The van der Waals surface area contributed by atoms with E-state index in [1.807, 2.05) is 26.0 Å². The maximum Gasteiger partial charge on any atom is 0.255 e. The van der Waals surface area contributed by atoms with Gasteiger partial charge in [-0.25, -0.2) is 0 Å². The lowest BCUT2D eigenvalue weighted by molar-refractivity contribution is 0.0935. The van der Waals surface area contributed by atoms with E-state index in [0.717, 1.165) is 22.6 Å². The van der Waals surface area contributed by atoms with Gasteiger partial charge in [-0.2, -0.15) is 0 Å². The number of hydrogen-bond donors (Lipinski definition) is 3. The number of anilines is 1. The zero-order valence-corrected chi connectivity index (χ0v) is 14.6. The lowest BCUT2D eigenvalue weighted by atomic mass is 10.00. The Balaban J connectivity index is 1.94. The van der Waals surface area contributed by atoms with Gasteiger partial charge in [0.15, 0.2) is 0 Å². The zero-order valence-electron chi connectivity index (χ0n) is 14.6. The minimum Gasteiger partial charge on any atom is -0.508 e. The van der Waals surface area contributed by atoms with E-state index < -0.39 is 0 Å². The first-order valence-corrected chi connectivity index (χ1v) is 8.18. The summed E-state index contributed by atoms with van der Waals surface area (Å²) >= 11 is 0. The molecule has 5 nitrogen and oxygen atoms in total. The highest BCUT2D eigenvalue weighted by molar-refractivity contribution is 6.02. The molecule has 1 atom stereocenters. The predicted molar refractivity (Wildman–Crippen MR) is 98.1 cm³/mol. The first-order valence-electron chi connectivity index (χ1n) is 8.18. The molecule has 0 fully saturated rings. The standard InChI is InChI=1S/C20H22N2O3/c1-12(2)4-5-14-10-16-17(11-18(14)25-3)21-19(22-20(16)24)13-6-8-15(23)9-7-13/h4,6-11,19,21,23H,5H2,1-3H3,(H,22,24). The van der Waals surface area contributed by atoms with E-state index in [9.17, 15) is 9.90 Å². The van der Waals surface area contributed by atoms with Crippen LogP contribution in [-0.4, -0.2) is 18.1 Å². The number of rotatable bonds is 4. The molecule has 2 aromatic carbocycles. The van der Waals surface area contributed by atoms with Crippen LogP contribution in [0.25, 0.3) is 0 Å².